The monoisotopic (exact) mass is 235 g/mol. The Hall–Kier alpha value is -1.03. The fourth-order valence-electron chi connectivity index (χ4n) is 1.82. The molecular formula is C12H17N3S. The van der Waals surface area contributed by atoms with Crippen LogP contribution >= 0.6 is 11.5 Å². The highest BCUT2D eigenvalue weighted by Crippen LogP contribution is 2.33. The maximum absolute atomic E-state index is 4.56. The predicted octanol–water partition coefficient (Wildman–Crippen LogP) is 3.64. The van der Waals surface area contributed by atoms with Gasteiger partial charge in [-0.2, -0.15) is 14.6 Å². The number of aromatic nitrogens is 3. The summed E-state index contributed by atoms with van der Waals surface area (Å²) in [6.07, 6.45) is 0. The highest BCUT2D eigenvalue weighted by Gasteiger charge is 2.18. The third-order valence-electron chi connectivity index (χ3n) is 2.70. The maximum atomic E-state index is 4.56. The van der Waals surface area contributed by atoms with Crippen LogP contribution in [0.15, 0.2) is 0 Å². The molecule has 16 heavy (non-hydrogen) atoms. The van der Waals surface area contributed by atoms with Crippen molar-refractivity contribution in [3.8, 4) is 0 Å². The maximum Gasteiger partial charge on any atom is 0.0802 e. The van der Waals surface area contributed by atoms with Crippen molar-refractivity contribution in [2.24, 2.45) is 0 Å². The first-order chi connectivity index (χ1) is 7.52. The molecule has 0 atom stereocenters. The zero-order valence-corrected chi connectivity index (χ0v) is 11.2. The van der Waals surface area contributed by atoms with Gasteiger partial charge in [-0.15, -0.1) is 0 Å². The lowest BCUT2D eigenvalue weighted by atomic mass is 10.00. The number of aryl methyl sites for hydroxylation is 1. The first-order valence-electron chi connectivity index (χ1n) is 5.64. The number of fused-ring (bicyclic) bond motifs is 1. The zero-order chi connectivity index (χ0) is 11.9. The fourth-order valence-corrected chi connectivity index (χ4v) is 2.78. The van der Waals surface area contributed by atoms with Crippen LogP contribution in [0.4, 0.5) is 0 Å². The molecule has 0 aliphatic rings. The Kier molecular flexibility index (Phi) is 2.93. The van der Waals surface area contributed by atoms with Crippen LogP contribution in [0, 0.1) is 6.92 Å². The summed E-state index contributed by atoms with van der Waals surface area (Å²) in [6.45, 7) is 10.7. The molecule has 0 spiro atoms. The normalized spacial score (nSPS) is 11.9. The summed E-state index contributed by atoms with van der Waals surface area (Å²) in [5.74, 6) is 0.833. The number of hydrogen-bond acceptors (Lipinski definition) is 4. The molecule has 0 bridgehead atoms. The minimum absolute atomic E-state index is 0.393. The minimum atomic E-state index is 0.393. The van der Waals surface area contributed by atoms with E-state index in [4.69, 9.17) is 0 Å². The van der Waals surface area contributed by atoms with Crippen molar-refractivity contribution in [2.75, 3.05) is 0 Å². The highest BCUT2D eigenvalue weighted by molar-refractivity contribution is 7.13. The Balaban J connectivity index is 2.81. The van der Waals surface area contributed by atoms with E-state index in [0.29, 0.717) is 11.8 Å². The Labute approximate surface area is 100 Å². The van der Waals surface area contributed by atoms with E-state index in [1.54, 1.807) is 11.5 Å². The van der Waals surface area contributed by atoms with Gasteiger partial charge < -0.3 is 0 Å². The van der Waals surface area contributed by atoms with E-state index < -0.39 is 0 Å². The van der Waals surface area contributed by atoms with Crippen molar-refractivity contribution >= 4 is 21.6 Å². The molecule has 0 N–H and O–H groups in total. The summed E-state index contributed by atoms with van der Waals surface area (Å²) < 4.78 is 5.76. The largest absolute Gasteiger partial charge is 0.196 e. The van der Waals surface area contributed by atoms with Crippen molar-refractivity contribution in [1.29, 1.82) is 0 Å². The van der Waals surface area contributed by atoms with Gasteiger partial charge in [0.2, 0.25) is 0 Å². The quantitative estimate of drug-likeness (QED) is 0.797. The molecule has 2 heterocycles. The number of rotatable bonds is 2. The Bertz CT molecular complexity index is 514. The van der Waals surface area contributed by atoms with Crippen molar-refractivity contribution in [2.45, 2.75) is 46.5 Å². The van der Waals surface area contributed by atoms with E-state index in [9.17, 15) is 0 Å². The summed E-state index contributed by atoms with van der Waals surface area (Å²) >= 11 is 1.55. The molecule has 0 aromatic carbocycles. The van der Waals surface area contributed by atoms with E-state index in [1.807, 2.05) is 6.92 Å². The fraction of sp³-hybridized carbons (Fsp3) is 0.583. The molecular weight excluding hydrogens is 218 g/mol. The molecule has 0 aliphatic heterocycles. The van der Waals surface area contributed by atoms with Crippen molar-refractivity contribution in [3.63, 3.8) is 0 Å². The highest BCUT2D eigenvalue weighted by atomic mass is 32.1. The lowest BCUT2D eigenvalue weighted by Crippen LogP contribution is -2.00. The molecule has 3 nitrogen and oxygen atoms in total. The van der Waals surface area contributed by atoms with Crippen LogP contribution in [0.3, 0.4) is 0 Å². The van der Waals surface area contributed by atoms with Gasteiger partial charge in [0.05, 0.1) is 21.8 Å². The smallest absolute Gasteiger partial charge is 0.0802 e. The van der Waals surface area contributed by atoms with Gasteiger partial charge in [-0.25, -0.2) is 0 Å². The lowest BCUT2D eigenvalue weighted by molar-refractivity contribution is 0.784. The topological polar surface area (TPSA) is 38.7 Å². The van der Waals surface area contributed by atoms with E-state index in [1.165, 1.54) is 15.8 Å². The van der Waals surface area contributed by atoms with Crippen LogP contribution in [-0.4, -0.2) is 14.6 Å². The molecule has 86 valence electrons. The SMILES string of the molecule is Cc1nnc(C(C)C)c2c(C(C)C)nsc12. The molecule has 2 aromatic heterocycles. The van der Waals surface area contributed by atoms with Crippen LogP contribution in [0.1, 0.15) is 56.6 Å². The molecule has 0 saturated carbocycles. The summed E-state index contributed by atoms with van der Waals surface area (Å²) in [5.41, 5.74) is 3.24. The van der Waals surface area contributed by atoms with Gasteiger partial charge in [0, 0.05) is 5.39 Å². The standard InChI is InChI=1S/C12H17N3S/c1-6(2)10-9-11(7(3)4)15-16-12(9)8(5)13-14-10/h6-7H,1-5H3. The van der Waals surface area contributed by atoms with Crippen LogP contribution in [0.2, 0.25) is 0 Å². The summed E-state index contributed by atoms with van der Waals surface area (Å²) in [7, 11) is 0. The van der Waals surface area contributed by atoms with Crippen LogP contribution in [-0.2, 0) is 0 Å². The first-order valence-corrected chi connectivity index (χ1v) is 6.42. The van der Waals surface area contributed by atoms with Crippen molar-refractivity contribution < 1.29 is 0 Å². The third-order valence-corrected chi connectivity index (χ3v) is 3.67. The van der Waals surface area contributed by atoms with Gasteiger partial charge in [0.1, 0.15) is 0 Å². The number of nitrogens with zero attached hydrogens (tertiary/aromatic N) is 3. The van der Waals surface area contributed by atoms with Gasteiger partial charge in [-0.05, 0) is 30.3 Å². The average Bonchev–Trinajstić information content (AvgIpc) is 2.62. The average molecular weight is 235 g/mol. The molecule has 0 unspecified atom stereocenters. The molecule has 0 radical (unpaired) electrons. The van der Waals surface area contributed by atoms with Gasteiger partial charge in [-0.1, -0.05) is 27.7 Å². The molecule has 4 heteroatoms. The van der Waals surface area contributed by atoms with Crippen molar-refractivity contribution in [1.82, 2.24) is 14.6 Å². The van der Waals surface area contributed by atoms with E-state index in [2.05, 4.69) is 42.3 Å². The Morgan fingerprint density at radius 3 is 2.12 bits per heavy atom. The van der Waals surface area contributed by atoms with Gasteiger partial charge in [0.15, 0.2) is 0 Å². The molecule has 2 rings (SSSR count). The number of hydrogen-bond donors (Lipinski definition) is 0. The van der Waals surface area contributed by atoms with Gasteiger partial charge in [0.25, 0.3) is 0 Å². The van der Waals surface area contributed by atoms with E-state index >= 15 is 0 Å². The Morgan fingerprint density at radius 1 is 0.938 bits per heavy atom. The second-order valence-electron chi connectivity index (χ2n) is 4.75. The summed E-state index contributed by atoms with van der Waals surface area (Å²) in [4.78, 5) is 0. The summed E-state index contributed by atoms with van der Waals surface area (Å²) in [5, 5.41) is 9.80. The molecule has 0 saturated heterocycles. The molecule has 0 fully saturated rings. The molecule has 0 amide bonds. The van der Waals surface area contributed by atoms with Gasteiger partial charge in [-0.3, -0.25) is 0 Å². The second-order valence-corrected chi connectivity index (χ2v) is 5.53. The Morgan fingerprint density at radius 2 is 1.56 bits per heavy atom. The lowest BCUT2D eigenvalue weighted by Gasteiger charge is -2.09. The van der Waals surface area contributed by atoms with Crippen LogP contribution in [0.25, 0.3) is 10.1 Å². The zero-order valence-electron chi connectivity index (χ0n) is 10.4. The van der Waals surface area contributed by atoms with Crippen LogP contribution < -0.4 is 0 Å². The second kappa shape index (κ2) is 4.09. The van der Waals surface area contributed by atoms with Gasteiger partial charge >= 0.3 is 0 Å². The predicted molar refractivity (Wildman–Crippen MR) is 68.1 cm³/mol. The third kappa shape index (κ3) is 1.71. The van der Waals surface area contributed by atoms with E-state index in [-0.39, 0.29) is 0 Å². The van der Waals surface area contributed by atoms with Crippen molar-refractivity contribution in [3.05, 3.63) is 17.1 Å². The molecule has 0 aliphatic carbocycles. The van der Waals surface area contributed by atoms with Crippen LogP contribution in [0.5, 0.6) is 0 Å². The van der Waals surface area contributed by atoms with E-state index in [0.717, 1.165) is 11.4 Å². The minimum Gasteiger partial charge on any atom is -0.196 e. The first kappa shape index (κ1) is 11.5. The summed E-state index contributed by atoms with van der Waals surface area (Å²) in [6, 6.07) is 0. The molecule has 2 aromatic rings.